The van der Waals surface area contributed by atoms with Crippen LogP contribution in [-0.4, -0.2) is 29.4 Å². The van der Waals surface area contributed by atoms with Crippen LogP contribution in [0.2, 0.25) is 0 Å². The van der Waals surface area contributed by atoms with Crippen LogP contribution < -0.4 is 10.6 Å². The number of nitrogens with one attached hydrogen (secondary N) is 2. The first-order valence-corrected chi connectivity index (χ1v) is 10.1. The number of halogens is 1. The fourth-order valence-corrected chi connectivity index (χ4v) is 2.81. The van der Waals surface area contributed by atoms with Crippen LogP contribution in [0.25, 0.3) is 6.08 Å². The molecule has 29 heavy (non-hydrogen) atoms. The number of carbonyl (C=O) groups excluding carboxylic acids is 2. The molecule has 0 saturated heterocycles. The van der Waals surface area contributed by atoms with Crippen LogP contribution in [0.15, 0.2) is 64.8 Å². The molecule has 2 aromatic rings. The molecule has 0 aliphatic carbocycles. The Kier molecular flexibility index (Phi) is 9.11. The number of benzene rings is 2. The second kappa shape index (κ2) is 11.8. The van der Waals surface area contributed by atoms with E-state index >= 15 is 0 Å². The van der Waals surface area contributed by atoms with Gasteiger partial charge < -0.3 is 15.7 Å². The molecule has 0 aliphatic heterocycles. The van der Waals surface area contributed by atoms with Gasteiger partial charge in [0.15, 0.2) is 0 Å². The van der Waals surface area contributed by atoms with E-state index in [-0.39, 0.29) is 18.0 Å². The highest BCUT2D eigenvalue weighted by atomic mass is 79.9. The molecule has 0 fully saturated rings. The summed E-state index contributed by atoms with van der Waals surface area (Å²) in [4.78, 5) is 35.7. The van der Waals surface area contributed by atoms with Crippen LogP contribution in [0.3, 0.4) is 0 Å². The van der Waals surface area contributed by atoms with E-state index in [2.05, 4.69) is 26.6 Å². The summed E-state index contributed by atoms with van der Waals surface area (Å²) in [6, 6.07) is 16.1. The summed E-state index contributed by atoms with van der Waals surface area (Å²) in [6.45, 7) is 0.402. The largest absolute Gasteiger partial charge is 0.481 e. The van der Waals surface area contributed by atoms with Crippen LogP contribution in [-0.2, 0) is 9.59 Å². The Morgan fingerprint density at radius 1 is 0.931 bits per heavy atom. The Balaban J connectivity index is 2.02. The van der Waals surface area contributed by atoms with Crippen LogP contribution in [0, 0.1) is 0 Å². The Labute approximate surface area is 178 Å². The van der Waals surface area contributed by atoms with Crippen molar-refractivity contribution in [3.63, 3.8) is 0 Å². The molecular formula is C22H23BrN2O4. The molecule has 0 aliphatic rings. The van der Waals surface area contributed by atoms with Gasteiger partial charge in [-0.1, -0.05) is 52.7 Å². The lowest BCUT2D eigenvalue weighted by Crippen LogP contribution is -2.35. The molecule has 0 saturated carbocycles. The Hall–Kier alpha value is -2.93. The van der Waals surface area contributed by atoms with Gasteiger partial charge in [-0.3, -0.25) is 14.4 Å². The number of aliphatic carboxylic acids is 1. The molecular weight excluding hydrogens is 436 g/mol. The summed E-state index contributed by atoms with van der Waals surface area (Å²) in [7, 11) is 0. The van der Waals surface area contributed by atoms with E-state index in [4.69, 9.17) is 5.11 Å². The van der Waals surface area contributed by atoms with Gasteiger partial charge >= 0.3 is 5.97 Å². The SMILES string of the molecule is O=C(O)CCCCCNC(=O)C(=Cc1ccccc1)NC(=O)c1ccc(Br)cc1. The van der Waals surface area contributed by atoms with Crippen molar-refractivity contribution in [1.82, 2.24) is 10.6 Å². The Morgan fingerprint density at radius 3 is 2.28 bits per heavy atom. The molecule has 7 heteroatoms. The van der Waals surface area contributed by atoms with Gasteiger partial charge in [0.2, 0.25) is 0 Å². The summed E-state index contributed by atoms with van der Waals surface area (Å²) in [5.41, 5.74) is 1.37. The van der Waals surface area contributed by atoms with Gasteiger partial charge in [0, 0.05) is 23.0 Å². The molecule has 6 nitrogen and oxygen atoms in total. The number of unbranched alkanes of at least 4 members (excludes halogenated alkanes) is 2. The Morgan fingerprint density at radius 2 is 1.62 bits per heavy atom. The number of rotatable bonds is 10. The van der Waals surface area contributed by atoms with Crippen LogP contribution in [0.1, 0.15) is 41.6 Å². The molecule has 0 radical (unpaired) electrons. The van der Waals surface area contributed by atoms with Crippen LogP contribution >= 0.6 is 15.9 Å². The molecule has 2 rings (SSSR count). The second-order valence-electron chi connectivity index (χ2n) is 6.39. The van der Waals surface area contributed by atoms with E-state index in [1.165, 1.54) is 0 Å². The van der Waals surface area contributed by atoms with Gasteiger partial charge in [-0.25, -0.2) is 0 Å². The van der Waals surface area contributed by atoms with Gasteiger partial charge in [0.05, 0.1) is 0 Å². The average molecular weight is 459 g/mol. The maximum Gasteiger partial charge on any atom is 0.303 e. The van der Waals surface area contributed by atoms with Gasteiger partial charge in [-0.15, -0.1) is 0 Å². The van der Waals surface area contributed by atoms with Gasteiger partial charge in [0.1, 0.15) is 5.70 Å². The summed E-state index contributed by atoms with van der Waals surface area (Å²) in [5, 5.41) is 14.1. The highest BCUT2D eigenvalue weighted by Gasteiger charge is 2.14. The van der Waals surface area contributed by atoms with Crippen molar-refractivity contribution in [3.8, 4) is 0 Å². The maximum atomic E-state index is 12.6. The van der Waals surface area contributed by atoms with Crippen molar-refractivity contribution in [2.45, 2.75) is 25.7 Å². The van der Waals surface area contributed by atoms with Crippen molar-refractivity contribution in [1.29, 1.82) is 0 Å². The summed E-state index contributed by atoms with van der Waals surface area (Å²) in [5.74, 6) is -1.59. The molecule has 0 spiro atoms. The summed E-state index contributed by atoms with van der Waals surface area (Å²) >= 11 is 3.33. The topological polar surface area (TPSA) is 95.5 Å². The lowest BCUT2D eigenvalue weighted by Gasteiger charge is -2.11. The lowest BCUT2D eigenvalue weighted by molar-refractivity contribution is -0.137. The van der Waals surface area contributed by atoms with Crippen LogP contribution in [0.4, 0.5) is 0 Å². The zero-order chi connectivity index (χ0) is 21.1. The highest BCUT2D eigenvalue weighted by Crippen LogP contribution is 2.12. The zero-order valence-corrected chi connectivity index (χ0v) is 17.4. The number of hydrogen-bond donors (Lipinski definition) is 3. The molecule has 0 aromatic heterocycles. The third kappa shape index (κ3) is 8.31. The van der Waals surface area contributed by atoms with Gasteiger partial charge in [-0.2, -0.15) is 0 Å². The molecule has 152 valence electrons. The minimum Gasteiger partial charge on any atom is -0.481 e. The standard InChI is InChI=1S/C22H23BrN2O4/c23-18-12-10-17(11-13-18)21(28)25-19(15-16-7-3-1-4-8-16)22(29)24-14-6-2-5-9-20(26)27/h1,3-4,7-8,10-13,15H,2,5-6,9,14H2,(H,24,29)(H,25,28)(H,26,27). The minimum absolute atomic E-state index is 0.121. The first-order valence-electron chi connectivity index (χ1n) is 9.29. The molecule has 0 atom stereocenters. The third-order valence-corrected chi connectivity index (χ3v) is 4.59. The fraction of sp³-hybridized carbons (Fsp3) is 0.227. The van der Waals surface area contributed by atoms with Gasteiger partial charge in [0.25, 0.3) is 11.8 Å². The van der Waals surface area contributed by atoms with Crippen molar-refractivity contribution in [3.05, 3.63) is 75.9 Å². The minimum atomic E-state index is -0.822. The zero-order valence-electron chi connectivity index (χ0n) is 15.9. The predicted molar refractivity (Wildman–Crippen MR) is 115 cm³/mol. The van der Waals surface area contributed by atoms with Crippen molar-refractivity contribution in [2.24, 2.45) is 0 Å². The van der Waals surface area contributed by atoms with Crippen molar-refractivity contribution >= 4 is 39.8 Å². The quantitative estimate of drug-likeness (QED) is 0.370. The second-order valence-corrected chi connectivity index (χ2v) is 7.31. The van der Waals surface area contributed by atoms with Crippen molar-refractivity contribution in [2.75, 3.05) is 6.54 Å². The third-order valence-electron chi connectivity index (χ3n) is 4.06. The monoisotopic (exact) mass is 458 g/mol. The van der Waals surface area contributed by atoms with E-state index in [1.54, 1.807) is 30.3 Å². The first-order chi connectivity index (χ1) is 14.0. The van der Waals surface area contributed by atoms with E-state index in [9.17, 15) is 14.4 Å². The molecule has 0 bridgehead atoms. The van der Waals surface area contributed by atoms with Crippen molar-refractivity contribution < 1.29 is 19.5 Å². The molecule has 2 amide bonds. The number of amides is 2. The predicted octanol–water partition coefficient (Wildman–Crippen LogP) is 3.98. The summed E-state index contributed by atoms with van der Waals surface area (Å²) in [6.07, 6.45) is 3.68. The Bertz CT molecular complexity index is 864. The normalized spacial score (nSPS) is 11.0. The smallest absolute Gasteiger partial charge is 0.303 e. The highest BCUT2D eigenvalue weighted by molar-refractivity contribution is 9.10. The van der Waals surface area contributed by atoms with E-state index < -0.39 is 11.9 Å². The van der Waals surface area contributed by atoms with Crippen LogP contribution in [0.5, 0.6) is 0 Å². The molecule has 0 heterocycles. The molecule has 3 N–H and O–H groups in total. The first kappa shape index (κ1) is 22.4. The molecule has 2 aromatic carbocycles. The maximum absolute atomic E-state index is 12.6. The molecule has 0 unspecified atom stereocenters. The lowest BCUT2D eigenvalue weighted by atomic mass is 10.1. The number of carbonyl (C=O) groups is 3. The fourth-order valence-electron chi connectivity index (χ4n) is 2.55. The number of carboxylic acid groups (broad SMARTS) is 1. The average Bonchev–Trinajstić information content (AvgIpc) is 2.71. The number of carboxylic acids is 1. The van der Waals surface area contributed by atoms with E-state index in [1.807, 2.05) is 30.3 Å². The van der Waals surface area contributed by atoms with E-state index in [0.29, 0.717) is 31.4 Å². The summed E-state index contributed by atoms with van der Waals surface area (Å²) < 4.78 is 0.856. The van der Waals surface area contributed by atoms with E-state index in [0.717, 1.165) is 10.0 Å². The van der Waals surface area contributed by atoms with Gasteiger partial charge in [-0.05, 0) is 48.7 Å². The number of hydrogen-bond acceptors (Lipinski definition) is 3.